The fraction of sp³-hybridized carbons (Fsp3) is 0.0690. The van der Waals surface area contributed by atoms with Crippen LogP contribution >= 0.6 is 23.4 Å². The van der Waals surface area contributed by atoms with Crippen LogP contribution in [0.15, 0.2) is 200 Å². The Bertz CT molecular complexity index is 3810. The van der Waals surface area contributed by atoms with Gasteiger partial charge in [-0.3, -0.25) is 9.97 Å². The molecule has 12 rings (SSSR count). The van der Waals surface area contributed by atoms with Crippen LogP contribution in [-0.2, 0) is 25.7 Å². The third-order valence-electron chi connectivity index (χ3n) is 12.2. The molecule has 0 bridgehead atoms. The third-order valence-corrected chi connectivity index (χ3v) is 13.2. The fourth-order valence-corrected chi connectivity index (χ4v) is 9.79. The van der Waals surface area contributed by atoms with Crippen LogP contribution in [-0.4, -0.2) is 73.7 Å². The topological polar surface area (TPSA) is 185 Å². The minimum Gasteiger partial charge on any atom is -0.796 e. The molecule has 368 valence electrons. The minimum atomic E-state index is 0. The van der Waals surface area contributed by atoms with E-state index >= 15 is 0 Å². The Labute approximate surface area is 475 Å². The molecule has 0 unspecified atom stereocenters. The van der Waals surface area contributed by atoms with Crippen molar-refractivity contribution in [3.05, 3.63) is 211 Å². The number of rotatable bonds is 13. The number of anilines is 2. The Kier molecular flexibility index (Phi) is 17.9. The molecule has 14 nitrogen and oxygen atoms in total. The quantitative estimate of drug-likeness (QED) is 0.0370. The average Bonchev–Trinajstić information content (AvgIpc) is 4.26. The van der Waals surface area contributed by atoms with Gasteiger partial charge in [0.15, 0.2) is 0 Å². The van der Waals surface area contributed by atoms with Crippen LogP contribution in [0.5, 0.6) is 0 Å². The molecule has 18 heteroatoms. The van der Waals surface area contributed by atoms with E-state index in [0.717, 1.165) is 99.4 Å². The van der Waals surface area contributed by atoms with Gasteiger partial charge in [-0.15, -0.1) is 32.2 Å². The molecule has 12 aromatic rings. The van der Waals surface area contributed by atoms with Gasteiger partial charge in [0.1, 0.15) is 21.8 Å². The summed E-state index contributed by atoms with van der Waals surface area (Å²) in [6.45, 7) is 1.30. The molecule has 0 fully saturated rings. The SMILES string of the molecule is CSc1nc(NCc2ccccc2)c2c(-c3ccccc3)cccc2c1-c1cncc(-c2nn[nH]n2)c1.C[S-].Clc1nc(NCc2ccccc2)c2c(-c3ccccc3)cccc2c1-c1cncc(-c2nn[nH]n2)c1.[Na+]. The van der Waals surface area contributed by atoms with Crippen LogP contribution in [0.25, 0.3) is 88.8 Å². The maximum Gasteiger partial charge on any atom is 1.00 e. The number of hydrogen-bond acceptors (Lipinski definition) is 14. The average molecular weight is 1060 g/mol. The number of nitrogens with zero attached hydrogens (tertiary/aromatic N) is 10. The number of pyridine rings is 4. The summed E-state index contributed by atoms with van der Waals surface area (Å²) in [5.41, 5.74) is 11.9. The summed E-state index contributed by atoms with van der Waals surface area (Å²) in [7, 11) is 0. The van der Waals surface area contributed by atoms with Gasteiger partial charge < -0.3 is 23.3 Å². The molecule has 0 spiro atoms. The summed E-state index contributed by atoms with van der Waals surface area (Å²) in [5.74, 6) is 2.55. The molecule has 0 radical (unpaired) electrons. The molecule has 0 saturated heterocycles. The maximum atomic E-state index is 6.87. The molecule has 6 aromatic carbocycles. The zero-order valence-corrected chi connectivity index (χ0v) is 45.9. The van der Waals surface area contributed by atoms with Crippen LogP contribution < -0.4 is 40.2 Å². The normalized spacial score (nSPS) is 10.7. The fourth-order valence-electron chi connectivity index (χ4n) is 8.88. The van der Waals surface area contributed by atoms with E-state index in [1.807, 2.05) is 72.9 Å². The van der Waals surface area contributed by atoms with Crippen LogP contribution in [0.3, 0.4) is 0 Å². The van der Waals surface area contributed by atoms with Crippen molar-refractivity contribution in [3.8, 4) is 67.3 Å². The van der Waals surface area contributed by atoms with Crippen molar-refractivity contribution in [2.75, 3.05) is 23.1 Å². The number of H-pyrrole nitrogens is 2. The molecule has 0 aliphatic rings. The van der Waals surface area contributed by atoms with Crippen LogP contribution in [0, 0.1) is 0 Å². The molecule has 0 atom stereocenters. The zero-order valence-electron chi connectivity index (χ0n) is 41.6. The van der Waals surface area contributed by atoms with Crippen molar-refractivity contribution in [2.24, 2.45) is 0 Å². The summed E-state index contributed by atoms with van der Waals surface area (Å²) in [6.07, 6.45) is 10.7. The van der Waals surface area contributed by atoms with Crippen molar-refractivity contribution >= 4 is 69.2 Å². The van der Waals surface area contributed by atoms with E-state index in [-0.39, 0.29) is 29.6 Å². The number of aromatic amines is 2. The largest absolute Gasteiger partial charge is 1.00 e. The first kappa shape index (κ1) is 53.0. The molecule has 0 amide bonds. The van der Waals surface area contributed by atoms with Crippen molar-refractivity contribution < 1.29 is 29.6 Å². The third kappa shape index (κ3) is 11.8. The van der Waals surface area contributed by atoms with Gasteiger partial charge in [0.2, 0.25) is 11.6 Å². The van der Waals surface area contributed by atoms with Crippen LogP contribution in [0.4, 0.5) is 11.6 Å². The Morgan fingerprint density at radius 1 is 0.487 bits per heavy atom. The van der Waals surface area contributed by atoms with Crippen LogP contribution in [0.1, 0.15) is 11.1 Å². The summed E-state index contributed by atoms with van der Waals surface area (Å²) in [5, 5.41) is 41.4. The number of thioether (sulfide) groups is 1. The molecule has 76 heavy (non-hydrogen) atoms. The van der Waals surface area contributed by atoms with E-state index < -0.39 is 0 Å². The first-order chi connectivity index (χ1) is 37.1. The van der Waals surface area contributed by atoms with Gasteiger partial charge in [-0.05, 0) is 73.0 Å². The van der Waals surface area contributed by atoms with Gasteiger partial charge in [0.05, 0.1) is 0 Å². The summed E-state index contributed by atoms with van der Waals surface area (Å²) < 4.78 is 0. The molecule has 0 aliphatic heterocycles. The molecule has 0 aliphatic carbocycles. The number of benzene rings is 6. The summed E-state index contributed by atoms with van der Waals surface area (Å²) in [4.78, 5) is 18.9. The van der Waals surface area contributed by atoms with Gasteiger partial charge >= 0.3 is 29.6 Å². The van der Waals surface area contributed by atoms with E-state index in [4.69, 9.17) is 21.6 Å². The standard InChI is InChI=1S/C29H23N7S.C28H20ClN7.CH4S.Na/c1-37-29-25(21-15-22(18-30-17-21)27-33-35-36-34-27)24-14-8-13-23(20-11-6-3-7-12-20)26(24)28(32-29)31-16-19-9-4-2-5-10-19;29-26-24(20-14-21(17-30-16-20)27-33-35-36-34-27)23-13-7-12-22(19-10-5-2-6-11-19)25(23)28(32-26)31-15-18-8-3-1-4-9-18;1-2;/h2-15,17-18H,16H2,1H3,(H,31,32)(H,33,34,35,36);1-14,16-17H,15H2,(H,31,32)(H,33,34,35,36);2H,1H3;/q;;;+1/p-1. The number of hydrogen-bond donors (Lipinski definition) is 4. The first-order valence-corrected chi connectivity index (χ1v) is 26.1. The van der Waals surface area contributed by atoms with Gasteiger partial charge in [0.25, 0.3) is 0 Å². The number of nitrogens with one attached hydrogen (secondary N) is 4. The smallest absolute Gasteiger partial charge is 0.796 e. The van der Waals surface area contributed by atoms with Gasteiger partial charge in [0, 0.05) is 82.0 Å². The van der Waals surface area contributed by atoms with Crippen LogP contribution in [0.2, 0.25) is 5.15 Å². The van der Waals surface area contributed by atoms with Crippen molar-refractivity contribution in [1.29, 1.82) is 0 Å². The predicted octanol–water partition coefficient (Wildman–Crippen LogP) is 10.1. The Morgan fingerprint density at radius 2 is 0.908 bits per heavy atom. The number of fused-ring (bicyclic) bond motifs is 2. The van der Waals surface area contributed by atoms with E-state index in [1.165, 1.54) is 5.56 Å². The summed E-state index contributed by atoms with van der Waals surface area (Å²) in [6, 6.07) is 57.9. The first-order valence-electron chi connectivity index (χ1n) is 23.7. The zero-order chi connectivity index (χ0) is 51.3. The monoisotopic (exact) mass is 1060 g/mol. The Morgan fingerprint density at radius 3 is 1.36 bits per heavy atom. The maximum absolute atomic E-state index is 6.87. The molecular weight excluding hydrogens is 1020 g/mol. The number of aromatic nitrogens is 12. The summed E-state index contributed by atoms with van der Waals surface area (Å²) >= 11 is 12.6. The second kappa shape index (κ2) is 25.6. The van der Waals surface area contributed by atoms with E-state index in [0.29, 0.717) is 29.9 Å². The number of halogens is 1. The molecule has 0 saturated carbocycles. The van der Waals surface area contributed by atoms with Crippen molar-refractivity contribution in [3.63, 3.8) is 0 Å². The molecular formula is C58H46ClN14NaS2. The predicted molar refractivity (Wildman–Crippen MR) is 305 cm³/mol. The van der Waals surface area contributed by atoms with Gasteiger partial charge in [-0.25, -0.2) is 9.97 Å². The van der Waals surface area contributed by atoms with Gasteiger partial charge in [-0.1, -0.05) is 169 Å². The second-order valence-electron chi connectivity index (χ2n) is 16.7. The Hall–Kier alpha value is -7.83. The van der Waals surface area contributed by atoms with E-state index in [9.17, 15) is 0 Å². The van der Waals surface area contributed by atoms with Crippen molar-refractivity contribution in [1.82, 2.24) is 61.2 Å². The number of tetrazole rings is 2. The molecule has 6 aromatic heterocycles. The molecule has 4 N–H and O–H groups in total. The minimum absolute atomic E-state index is 0. The van der Waals surface area contributed by atoms with E-state index in [2.05, 4.69) is 184 Å². The van der Waals surface area contributed by atoms with Gasteiger partial charge in [-0.2, -0.15) is 16.7 Å². The Balaban J connectivity index is 0.000000178. The van der Waals surface area contributed by atoms with Crippen molar-refractivity contribution in [2.45, 2.75) is 18.1 Å². The van der Waals surface area contributed by atoms with E-state index in [1.54, 1.807) is 36.6 Å². The second-order valence-corrected chi connectivity index (χ2v) is 17.9. The molecule has 6 heterocycles.